The quantitative estimate of drug-likeness (QED) is 0.635. The van der Waals surface area contributed by atoms with Crippen LogP contribution in [0.15, 0.2) is 62.4 Å². The van der Waals surface area contributed by atoms with Crippen molar-refractivity contribution in [2.24, 2.45) is 4.99 Å². The Balaban J connectivity index is 2.15. The number of nitrogens with zero attached hydrogens (tertiary/aromatic N) is 1. The van der Waals surface area contributed by atoms with Crippen LogP contribution in [-0.2, 0) is 11.3 Å². The van der Waals surface area contributed by atoms with Crippen LogP contribution in [-0.4, -0.2) is 6.61 Å². The lowest BCUT2D eigenvalue weighted by Crippen LogP contribution is -2.10. The summed E-state index contributed by atoms with van der Waals surface area (Å²) in [6.07, 6.45) is 0. The van der Waals surface area contributed by atoms with Crippen molar-refractivity contribution in [2.75, 3.05) is 6.61 Å². The summed E-state index contributed by atoms with van der Waals surface area (Å²) >= 11 is 3.46. The molecule has 0 bridgehead atoms. The maximum absolute atomic E-state index is 13.0. The molecular weight excluding hydrogens is 361 g/mol. The van der Waals surface area contributed by atoms with E-state index in [2.05, 4.69) is 20.9 Å². The van der Waals surface area contributed by atoms with Gasteiger partial charge in [0, 0.05) is 22.0 Å². The predicted molar refractivity (Wildman–Crippen MR) is 90.9 cm³/mol. The molecule has 0 aliphatic carbocycles. The zero-order chi connectivity index (χ0) is 16.2. The van der Waals surface area contributed by atoms with E-state index in [1.807, 2.05) is 31.2 Å². The second kappa shape index (κ2) is 7.06. The molecule has 0 saturated heterocycles. The van der Waals surface area contributed by atoms with E-state index in [0.717, 1.165) is 21.0 Å². The van der Waals surface area contributed by atoms with Gasteiger partial charge in [-0.25, -0.2) is 9.38 Å². The van der Waals surface area contributed by atoms with Crippen LogP contribution in [0, 0.1) is 5.82 Å². The molecule has 0 N–H and O–H groups in total. The summed E-state index contributed by atoms with van der Waals surface area (Å²) in [5.41, 5.74) is 2.68. The van der Waals surface area contributed by atoms with Crippen LogP contribution in [0.2, 0.25) is 0 Å². The van der Waals surface area contributed by atoms with Crippen LogP contribution < -0.4 is 5.55 Å². The fraction of sp³-hybridized carbons (Fsp3) is 0.167. The van der Waals surface area contributed by atoms with Gasteiger partial charge in [-0.3, -0.25) is 0 Å². The third-order valence-electron chi connectivity index (χ3n) is 3.30. The van der Waals surface area contributed by atoms with Crippen molar-refractivity contribution >= 4 is 32.6 Å². The van der Waals surface area contributed by atoms with Gasteiger partial charge in [-0.05, 0) is 55.5 Å². The van der Waals surface area contributed by atoms with Crippen molar-refractivity contribution in [2.45, 2.75) is 13.5 Å². The van der Waals surface area contributed by atoms with Gasteiger partial charge in [-0.15, -0.1) is 0 Å². The Morgan fingerprint density at radius 1 is 1.13 bits per heavy atom. The Bertz CT molecular complexity index is 888. The van der Waals surface area contributed by atoms with Gasteiger partial charge in [-0.1, -0.05) is 15.9 Å². The molecular formula is C18H15BrFNO2. The average Bonchev–Trinajstić information content (AvgIpc) is 2.55. The lowest BCUT2D eigenvalue weighted by Gasteiger charge is -2.05. The van der Waals surface area contributed by atoms with Gasteiger partial charge in [0.05, 0.1) is 12.3 Å². The first-order valence-electron chi connectivity index (χ1n) is 7.26. The summed E-state index contributed by atoms with van der Waals surface area (Å²) in [5.74, 6) is -0.293. The van der Waals surface area contributed by atoms with Gasteiger partial charge in [0.15, 0.2) is 0 Å². The van der Waals surface area contributed by atoms with E-state index >= 15 is 0 Å². The van der Waals surface area contributed by atoms with E-state index < -0.39 is 0 Å². The van der Waals surface area contributed by atoms with Crippen LogP contribution in [0.3, 0.4) is 0 Å². The monoisotopic (exact) mass is 375 g/mol. The van der Waals surface area contributed by atoms with E-state index in [1.165, 1.54) is 12.1 Å². The lowest BCUT2D eigenvalue weighted by atomic mass is 10.2. The minimum atomic E-state index is -0.293. The number of halogens is 2. The summed E-state index contributed by atoms with van der Waals surface area (Å²) in [4.78, 5) is 4.48. The zero-order valence-corrected chi connectivity index (χ0v) is 14.1. The zero-order valence-electron chi connectivity index (χ0n) is 12.6. The van der Waals surface area contributed by atoms with Crippen molar-refractivity contribution in [3.63, 3.8) is 0 Å². The SMILES string of the molecule is CCOCc1cc2cc(Br)ccc2o/c1=N\c1ccc(F)cc1. The highest BCUT2D eigenvalue weighted by Crippen LogP contribution is 2.20. The number of ether oxygens (including phenoxy) is 1. The van der Waals surface area contributed by atoms with Crippen LogP contribution in [0.1, 0.15) is 12.5 Å². The average molecular weight is 376 g/mol. The Hall–Kier alpha value is -1.98. The number of benzene rings is 2. The van der Waals surface area contributed by atoms with Crippen LogP contribution >= 0.6 is 15.9 Å². The van der Waals surface area contributed by atoms with Gasteiger partial charge in [0.1, 0.15) is 11.4 Å². The van der Waals surface area contributed by atoms with Gasteiger partial charge in [0.25, 0.3) is 0 Å². The molecule has 0 atom stereocenters. The topological polar surface area (TPSA) is 34.7 Å². The molecule has 2 aromatic carbocycles. The molecule has 23 heavy (non-hydrogen) atoms. The summed E-state index contributed by atoms with van der Waals surface area (Å²) in [6.45, 7) is 2.94. The maximum atomic E-state index is 13.0. The van der Waals surface area contributed by atoms with Crippen molar-refractivity contribution in [1.29, 1.82) is 0 Å². The van der Waals surface area contributed by atoms with Crippen molar-refractivity contribution < 1.29 is 13.5 Å². The standard InChI is InChI=1S/C18H15BrFNO2/c1-2-22-11-13-9-12-10-14(19)3-8-17(12)23-18(13)21-16-6-4-15(20)5-7-16/h3-10H,2,11H2,1H3/b21-18-. The van der Waals surface area contributed by atoms with Gasteiger partial charge >= 0.3 is 0 Å². The van der Waals surface area contributed by atoms with Crippen LogP contribution in [0.5, 0.6) is 0 Å². The Kier molecular flexibility index (Phi) is 4.88. The number of hydrogen-bond donors (Lipinski definition) is 0. The highest BCUT2D eigenvalue weighted by molar-refractivity contribution is 9.10. The minimum Gasteiger partial charge on any atom is -0.438 e. The van der Waals surface area contributed by atoms with E-state index in [1.54, 1.807) is 12.1 Å². The third-order valence-corrected chi connectivity index (χ3v) is 3.80. The Morgan fingerprint density at radius 2 is 1.91 bits per heavy atom. The van der Waals surface area contributed by atoms with Crippen LogP contribution in [0.4, 0.5) is 10.1 Å². The molecule has 1 heterocycles. The molecule has 3 nitrogen and oxygen atoms in total. The normalized spacial score (nSPS) is 12.0. The highest BCUT2D eigenvalue weighted by Gasteiger charge is 2.05. The summed E-state index contributed by atoms with van der Waals surface area (Å²) in [7, 11) is 0. The predicted octanol–water partition coefficient (Wildman–Crippen LogP) is 5.10. The number of rotatable bonds is 4. The molecule has 0 spiro atoms. The first kappa shape index (κ1) is 15.9. The smallest absolute Gasteiger partial charge is 0.225 e. The van der Waals surface area contributed by atoms with E-state index in [4.69, 9.17) is 9.15 Å². The lowest BCUT2D eigenvalue weighted by molar-refractivity contribution is 0.131. The fourth-order valence-corrected chi connectivity index (χ4v) is 2.57. The molecule has 1 aromatic heterocycles. The fourth-order valence-electron chi connectivity index (χ4n) is 2.19. The van der Waals surface area contributed by atoms with Gasteiger partial charge in [0.2, 0.25) is 5.55 Å². The molecule has 0 radical (unpaired) electrons. The first-order valence-corrected chi connectivity index (χ1v) is 8.05. The molecule has 0 unspecified atom stereocenters. The van der Waals surface area contributed by atoms with Crippen molar-refractivity contribution in [3.8, 4) is 0 Å². The molecule has 0 fully saturated rings. The molecule has 3 rings (SSSR count). The molecule has 118 valence electrons. The molecule has 0 amide bonds. The van der Waals surface area contributed by atoms with Crippen molar-refractivity contribution in [1.82, 2.24) is 0 Å². The van der Waals surface area contributed by atoms with E-state index in [9.17, 15) is 4.39 Å². The maximum Gasteiger partial charge on any atom is 0.225 e. The molecule has 3 aromatic rings. The second-order valence-electron chi connectivity index (χ2n) is 4.98. The molecule has 0 aliphatic heterocycles. The molecule has 0 aliphatic rings. The van der Waals surface area contributed by atoms with Crippen molar-refractivity contribution in [3.05, 3.63) is 69.9 Å². The largest absolute Gasteiger partial charge is 0.438 e. The third kappa shape index (κ3) is 3.86. The minimum absolute atomic E-state index is 0.293. The van der Waals surface area contributed by atoms with E-state index in [-0.39, 0.29) is 5.82 Å². The van der Waals surface area contributed by atoms with Crippen LogP contribution in [0.25, 0.3) is 11.0 Å². The highest BCUT2D eigenvalue weighted by atomic mass is 79.9. The Labute approximate surface area is 141 Å². The van der Waals surface area contributed by atoms with E-state index in [0.29, 0.717) is 24.5 Å². The number of fused-ring (bicyclic) bond motifs is 1. The molecule has 0 saturated carbocycles. The van der Waals surface area contributed by atoms with Gasteiger partial charge in [-0.2, -0.15) is 0 Å². The number of hydrogen-bond acceptors (Lipinski definition) is 3. The second-order valence-corrected chi connectivity index (χ2v) is 5.90. The first-order chi connectivity index (χ1) is 11.2. The molecule has 5 heteroatoms. The summed E-state index contributed by atoms with van der Waals surface area (Å²) < 4.78 is 25.4. The summed E-state index contributed by atoms with van der Waals surface area (Å²) in [6, 6.07) is 13.8. The van der Waals surface area contributed by atoms with Gasteiger partial charge < -0.3 is 9.15 Å². The Morgan fingerprint density at radius 3 is 2.65 bits per heavy atom. The summed E-state index contributed by atoms with van der Waals surface area (Å²) in [5, 5.41) is 0.965.